The Bertz CT molecular complexity index is 289. The first kappa shape index (κ1) is 13.8. The van der Waals surface area contributed by atoms with Gasteiger partial charge in [0.25, 0.3) is 0 Å². The highest BCUT2D eigenvalue weighted by molar-refractivity contribution is 5.83. The SMILES string of the molecule is CC(C)C1(C(=O)NC2CCC(N)CC2)CCNC1. The van der Waals surface area contributed by atoms with Gasteiger partial charge in [-0.15, -0.1) is 0 Å². The fraction of sp³-hybridized carbons (Fsp3) is 0.929. The van der Waals surface area contributed by atoms with Crippen molar-refractivity contribution in [3.8, 4) is 0 Å². The molecule has 0 aromatic carbocycles. The molecule has 104 valence electrons. The number of nitrogens with one attached hydrogen (secondary N) is 2. The topological polar surface area (TPSA) is 67.2 Å². The summed E-state index contributed by atoms with van der Waals surface area (Å²) in [5.74, 6) is 0.640. The van der Waals surface area contributed by atoms with E-state index < -0.39 is 0 Å². The molecule has 0 aromatic heterocycles. The van der Waals surface area contributed by atoms with Crippen molar-refractivity contribution in [2.24, 2.45) is 17.1 Å². The molecule has 1 saturated carbocycles. The maximum atomic E-state index is 12.6. The normalized spacial score (nSPS) is 36.9. The second-order valence-corrected chi connectivity index (χ2v) is 6.32. The van der Waals surface area contributed by atoms with Crippen molar-refractivity contribution in [1.29, 1.82) is 0 Å². The van der Waals surface area contributed by atoms with Crippen LogP contribution in [0.1, 0.15) is 46.0 Å². The second kappa shape index (κ2) is 5.57. The molecule has 4 nitrogen and oxygen atoms in total. The lowest BCUT2D eigenvalue weighted by molar-refractivity contribution is -0.133. The summed E-state index contributed by atoms with van der Waals surface area (Å²) in [6.45, 7) is 6.09. The van der Waals surface area contributed by atoms with E-state index in [0.717, 1.165) is 45.2 Å². The molecule has 0 radical (unpaired) electrons. The van der Waals surface area contributed by atoms with E-state index in [1.807, 2.05) is 0 Å². The van der Waals surface area contributed by atoms with Gasteiger partial charge in [0.05, 0.1) is 5.41 Å². The summed E-state index contributed by atoms with van der Waals surface area (Å²) >= 11 is 0. The number of carbonyl (C=O) groups is 1. The van der Waals surface area contributed by atoms with Crippen LogP contribution < -0.4 is 16.4 Å². The van der Waals surface area contributed by atoms with Crippen molar-refractivity contribution < 1.29 is 4.79 Å². The van der Waals surface area contributed by atoms with E-state index in [2.05, 4.69) is 24.5 Å². The average molecular weight is 253 g/mol. The van der Waals surface area contributed by atoms with Crippen LogP contribution in [0.3, 0.4) is 0 Å². The summed E-state index contributed by atoms with van der Waals surface area (Å²) < 4.78 is 0. The Hall–Kier alpha value is -0.610. The summed E-state index contributed by atoms with van der Waals surface area (Å²) in [7, 11) is 0. The zero-order valence-corrected chi connectivity index (χ0v) is 11.7. The third-order valence-electron chi connectivity index (χ3n) is 4.85. The number of nitrogens with two attached hydrogens (primary N) is 1. The van der Waals surface area contributed by atoms with Gasteiger partial charge in [0.15, 0.2) is 0 Å². The minimum absolute atomic E-state index is 0.195. The van der Waals surface area contributed by atoms with Crippen molar-refractivity contribution >= 4 is 5.91 Å². The zero-order valence-electron chi connectivity index (χ0n) is 11.7. The maximum absolute atomic E-state index is 12.6. The van der Waals surface area contributed by atoms with Crippen molar-refractivity contribution in [3.63, 3.8) is 0 Å². The molecule has 18 heavy (non-hydrogen) atoms. The van der Waals surface area contributed by atoms with Crippen LogP contribution in [0, 0.1) is 11.3 Å². The predicted molar refractivity (Wildman–Crippen MR) is 73.1 cm³/mol. The van der Waals surface area contributed by atoms with Crippen molar-refractivity contribution in [2.75, 3.05) is 13.1 Å². The molecule has 1 unspecified atom stereocenters. The lowest BCUT2D eigenvalue weighted by atomic mass is 9.75. The van der Waals surface area contributed by atoms with E-state index in [0.29, 0.717) is 18.0 Å². The van der Waals surface area contributed by atoms with Crippen LogP contribution in [-0.2, 0) is 4.79 Å². The van der Waals surface area contributed by atoms with E-state index in [1.165, 1.54) is 0 Å². The average Bonchev–Trinajstić information content (AvgIpc) is 2.82. The van der Waals surface area contributed by atoms with Gasteiger partial charge in [-0.25, -0.2) is 0 Å². The smallest absolute Gasteiger partial charge is 0.228 e. The van der Waals surface area contributed by atoms with Gasteiger partial charge in [-0.1, -0.05) is 13.8 Å². The van der Waals surface area contributed by atoms with E-state index in [1.54, 1.807) is 0 Å². The Balaban J connectivity index is 1.94. The molecule has 1 aliphatic heterocycles. The van der Waals surface area contributed by atoms with E-state index in [-0.39, 0.29) is 11.3 Å². The minimum Gasteiger partial charge on any atom is -0.353 e. The summed E-state index contributed by atoms with van der Waals surface area (Å²) in [6, 6.07) is 0.680. The molecule has 0 spiro atoms. The summed E-state index contributed by atoms with van der Waals surface area (Å²) in [4.78, 5) is 12.6. The predicted octanol–water partition coefficient (Wildman–Crippen LogP) is 1.01. The van der Waals surface area contributed by atoms with Gasteiger partial charge in [0.1, 0.15) is 0 Å². The Morgan fingerprint density at radius 3 is 2.50 bits per heavy atom. The Morgan fingerprint density at radius 2 is 2.00 bits per heavy atom. The molecule has 2 aliphatic rings. The van der Waals surface area contributed by atoms with Crippen LogP contribution in [-0.4, -0.2) is 31.1 Å². The largest absolute Gasteiger partial charge is 0.353 e. The highest BCUT2D eigenvalue weighted by atomic mass is 16.2. The van der Waals surface area contributed by atoms with Gasteiger partial charge in [-0.05, 0) is 44.6 Å². The Kier molecular flexibility index (Phi) is 4.28. The van der Waals surface area contributed by atoms with Gasteiger partial charge in [-0.2, -0.15) is 0 Å². The molecule has 4 N–H and O–H groups in total. The molecule has 1 amide bonds. The highest BCUT2D eigenvalue weighted by Gasteiger charge is 2.44. The number of hydrogen-bond donors (Lipinski definition) is 3. The van der Waals surface area contributed by atoms with Crippen LogP contribution in [0.25, 0.3) is 0 Å². The molecule has 1 atom stereocenters. The summed E-state index contributed by atoms with van der Waals surface area (Å²) in [6.07, 6.45) is 5.11. The van der Waals surface area contributed by atoms with E-state index in [9.17, 15) is 4.79 Å². The second-order valence-electron chi connectivity index (χ2n) is 6.32. The molecule has 0 aromatic rings. The van der Waals surface area contributed by atoms with Crippen LogP contribution >= 0.6 is 0 Å². The van der Waals surface area contributed by atoms with Gasteiger partial charge in [-0.3, -0.25) is 4.79 Å². The monoisotopic (exact) mass is 253 g/mol. The molecule has 1 aliphatic carbocycles. The molecule has 0 bridgehead atoms. The third-order valence-corrected chi connectivity index (χ3v) is 4.85. The van der Waals surface area contributed by atoms with Crippen LogP contribution in [0.15, 0.2) is 0 Å². The van der Waals surface area contributed by atoms with E-state index >= 15 is 0 Å². The molecule has 4 heteroatoms. The van der Waals surface area contributed by atoms with Crippen molar-refractivity contribution in [1.82, 2.24) is 10.6 Å². The number of amides is 1. The summed E-state index contributed by atoms with van der Waals surface area (Å²) in [5.41, 5.74) is 5.71. The molecular formula is C14H27N3O. The minimum atomic E-state index is -0.195. The van der Waals surface area contributed by atoms with Gasteiger partial charge in [0, 0.05) is 18.6 Å². The Labute approximate surface area is 110 Å². The number of hydrogen-bond acceptors (Lipinski definition) is 3. The molecular weight excluding hydrogens is 226 g/mol. The lowest BCUT2D eigenvalue weighted by Gasteiger charge is -2.35. The van der Waals surface area contributed by atoms with E-state index in [4.69, 9.17) is 5.73 Å². The Morgan fingerprint density at radius 1 is 1.33 bits per heavy atom. The lowest BCUT2D eigenvalue weighted by Crippen LogP contribution is -2.50. The van der Waals surface area contributed by atoms with Crippen LogP contribution in [0.4, 0.5) is 0 Å². The highest BCUT2D eigenvalue weighted by Crippen LogP contribution is 2.34. The quantitative estimate of drug-likeness (QED) is 0.703. The zero-order chi connectivity index (χ0) is 13.2. The molecule has 1 heterocycles. The molecule has 2 rings (SSSR count). The fourth-order valence-electron chi connectivity index (χ4n) is 3.25. The number of carbonyl (C=O) groups excluding carboxylic acids is 1. The molecule has 2 fully saturated rings. The maximum Gasteiger partial charge on any atom is 0.228 e. The first-order valence-corrected chi connectivity index (χ1v) is 7.32. The van der Waals surface area contributed by atoms with Gasteiger partial charge in [0.2, 0.25) is 5.91 Å². The third kappa shape index (κ3) is 2.69. The fourth-order valence-corrected chi connectivity index (χ4v) is 3.25. The molecule has 1 saturated heterocycles. The van der Waals surface area contributed by atoms with Crippen LogP contribution in [0.5, 0.6) is 0 Å². The standard InChI is InChI=1S/C14H27N3O/c1-10(2)14(7-8-16-9-14)13(18)17-12-5-3-11(15)4-6-12/h10-12,16H,3-9,15H2,1-2H3,(H,17,18). The van der Waals surface area contributed by atoms with Crippen molar-refractivity contribution in [3.05, 3.63) is 0 Å². The number of rotatable bonds is 3. The van der Waals surface area contributed by atoms with Crippen molar-refractivity contribution in [2.45, 2.75) is 58.0 Å². The first-order valence-electron chi connectivity index (χ1n) is 7.32. The van der Waals surface area contributed by atoms with Gasteiger partial charge >= 0.3 is 0 Å². The summed E-state index contributed by atoms with van der Waals surface area (Å²) in [5, 5.41) is 6.61. The van der Waals surface area contributed by atoms with Crippen LogP contribution in [0.2, 0.25) is 0 Å². The van der Waals surface area contributed by atoms with Gasteiger partial charge < -0.3 is 16.4 Å². The first-order chi connectivity index (χ1) is 8.54.